The van der Waals surface area contributed by atoms with E-state index in [0.29, 0.717) is 19.6 Å². The molecule has 3 atom stereocenters. The Morgan fingerprint density at radius 2 is 2.36 bits per heavy atom. The van der Waals surface area contributed by atoms with Gasteiger partial charge in [0.1, 0.15) is 6.10 Å². The second kappa shape index (κ2) is 4.25. The summed E-state index contributed by atoms with van der Waals surface area (Å²) in [6.07, 6.45) is 1.77. The van der Waals surface area contributed by atoms with Crippen LogP contribution >= 0.6 is 0 Å². The predicted octanol–water partition coefficient (Wildman–Crippen LogP) is -0.992. The van der Waals surface area contributed by atoms with Crippen molar-refractivity contribution in [2.75, 3.05) is 19.8 Å². The van der Waals surface area contributed by atoms with Gasteiger partial charge >= 0.3 is 0 Å². The molecule has 0 aromatic heterocycles. The smallest absolute Gasteiger partial charge is 0.218 e. The highest BCUT2D eigenvalue weighted by Crippen LogP contribution is 2.26. The Labute approximate surface area is 82.9 Å². The van der Waals surface area contributed by atoms with Crippen molar-refractivity contribution in [1.82, 2.24) is 5.32 Å². The standard InChI is InChI=1S/C9H16N2O3/c10-8(12)1-3-11-6-5-14-7-2-4-13-9(6)7/h6-7,9,11H,1-5H2,(H2,10,12)/t6-,7-,9-/m1/s1. The minimum Gasteiger partial charge on any atom is -0.374 e. The van der Waals surface area contributed by atoms with Crippen LogP contribution in [0.4, 0.5) is 0 Å². The minimum atomic E-state index is -0.277. The summed E-state index contributed by atoms with van der Waals surface area (Å²) in [4.78, 5) is 10.5. The number of amides is 1. The monoisotopic (exact) mass is 200 g/mol. The van der Waals surface area contributed by atoms with E-state index >= 15 is 0 Å². The molecule has 1 amide bonds. The van der Waals surface area contributed by atoms with Gasteiger partial charge in [0.25, 0.3) is 0 Å². The Bertz CT molecular complexity index is 222. The first-order chi connectivity index (χ1) is 6.77. The lowest BCUT2D eigenvalue weighted by molar-refractivity contribution is -0.117. The van der Waals surface area contributed by atoms with Crippen LogP contribution in [0.25, 0.3) is 0 Å². The van der Waals surface area contributed by atoms with Crippen LogP contribution in [0.2, 0.25) is 0 Å². The number of fused-ring (bicyclic) bond motifs is 1. The van der Waals surface area contributed by atoms with Gasteiger partial charge in [-0.05, 0) is 6.42 Å². The Kier molecular flexibility index (Phi) is 3.00. The lowest BCUT2D eigenvalue weighted by Crippen LogP contribution is -2.41. The van der Waals surface area contributed by atoms with Crippen LogP contribution in [-0.2, 0) is 14.3 Å². The maximum atomic E-state index is 10.5. The number of primary amides is 1. The lowest BCUT2D eigenvalue weighted by Gasteiger charge is -2.16. The van der Waals surface area contributed by atoms with Crippen LogP contribution in [0.15, 0.2) is 0 Å². The quantitative estimate of drug-likeness (QED) is 0.611. The number of hydrogen-bond acceptors (Lipinski definition) is 4. The summed E-state index contributed by atoms with van der Waals surface area (Å²) in [6, 6.07) is 0.224. The summed E-state index contributed by atoms with van der Waals surface area (Å²) < 4.78 is 11.1. The van der Waals surface area contributed by atoms with E-state index in [9.17, 15) is 4.79 Å². The number of nitrogens with one attached hydrogen (secondary N) is 1. The molecule has 2 heterocycles. The number of hydrogen-bond donors (Lipinski definition) is 2. The first-order valence-corrected chi connectivity index (χ1v) is 5.02. The van der Waals surface area contributed by atoms with Crippen LogP contribution in [-0.4, -0.2) is 43.9 Å². The van der Waals surface area contributed by atoms with Crippen LogP contribution in [0.5, 0.6) is 0 Å². The highest BCUT2D eigenvalue weighted by molar-refractivity contribution is 5.73. The van der Waals surface area contributed by atoms with Crippen molar-refractivity contribution in [2.45, 2.75) is 31.1 Å². The molecule has 2 saturated heterocycles. The molecule has 0 bridgehead atoms. The van der Waals surface area contributed by atoms with E-state index in [1.165, 1.54) is 0 Å². The van der Waals surface area contributed by atoms with Gasteiger partial charge in [-0.25, -0.2) is 0 Å². The lowest BCUT2D eigenvalue weighted by atomic mass is 10.1. The first-order valence-electron chi connectivity index (χ1n) is 5.02. The molecule has 0 unspecified atom stereocenters. The molecular weight excluding hydrogens is 184 g/mol. The molecule has 0 radical (unpaired) electrons. The number of ether oxygens (including phenoxy) is 2. The van der Waals surface area contributed by atoms with Crippen LogP contribution < -0.4 is 11.1 Å². The highest BCUT2D eigenvalue weighted by Gasteiger charge is 2.41. The largest absolute Gasteiger partial charge is 0.374 e. The molecule has 0 aromatic rings. The maximum Gasteiger partial charge on any atom is 0.218 e. The second-order valence-corrected chi connectivity index (χ2v) is 3.77. The van der Waals surface area contributed by atoms with E-state index in [-0.39, 0.29) is 24.2 Å². The Hall–Kier alpha value is -0.650. The zero-order valence-electron chi connectivity index (χ0n) is 8.07. The van der Waals surface area contributed by atoms with Gasteiger partial charge in [0, 0.05) is 19.6 Å². The molecule has 14 heavy (non-hydrogen) atoms. The fourth-order valence-electron chi connectivity index (χ4n) is 2.02. The number of carbonyl (C=O) groups excluding carboxylic acids is 1. The SMILES string of the molecule is NC(=O)CCN[C@@H]1CO[C@@H]2CCO[C@H]12. The second-order valence-electron chi connectivity index (χ2n) is 3.77. The first kappa shape index (κ1) is 9.89. The van der Waals surface area contributed by atoms with Crippen molar-refractivity contribution < 1.29 is 14.3 Å². The Morgan fingerprint density at radius 3 is 3.14 bits per heavy atom. The minimum absolute atomic E-state index is 0.169. The van der Waals surface area contributed by atoms with E-state index in [2.05, 4.69) is 5.32 Å². The Morgan fingerprint density at radius 1 is 1.50 bits per heavy atom. The average Bonchev–Trinajstić information content (AvgIpc) is 2.67. The molecule has 2 aliphatic heterocycles. The van der Waals surface area contributed by atoms with Gasteiger partial charge in [-0.1, -0.05) is 0 Å². The fraction of sp³-hybridized carbons (Fsp3) is 0.889. The molecular formula is C9H16N2O3. The van der Waals surface area contributed by atoms with Crippen LogP contribution in [0.1, 0.15) is 12.8 Å². The van der Waals surface area contributed by atoms with E-state index in [0.717, 1.165) is 13.0 Å². The summed E-state index contributed by atoms with van der Waals surface area (Å²) >= 11 is 0. The third-order valence-electron chi connectivity index (χ3n) is 2.74. The Balaban J connectivity index is 1.73. The summed E-state index contributed by atoms with van der Waals surface area (Å²) in [5, 5.41) is 3.23. The molecule has 2 aliphatic rings. The van der Waals surface area contributed by atoms with Crippen LogP contribution in [0, 0.1) is 0 Å². The van der Waals surface area contributed by atoms with Gasteiger partial charge < -0.3 is 20.5 Å². The zero-order valence-corrected chi connectivity index (χ0v) is 8.07. The van der Waals surface area contributed by atoms with Gasteiger partial charge in [0.2, 0.25) is 5.91 Å². The topological polar surface area (TPSA) is 73.6 Å². The average molecular weight is 200 g/mol. The van der Waals surface area contributed by atoms with Crippen LogP contribution in [0.3, 0.4) is 0 Å². The molecule has 80 valence electrons. The van der Waals surface area contributed by atoms with Crippen molar-refractivity contribution in [3.63, 3.8) is 0 Å². The normalized spacial score (nSPS) is 35.9. The third-order valence-corrected chi connectivity index (χ3v) is 2.74. The van der Waals surface area contributed by atoms with Crippen molar-refractivity contribution in [3.05, 3.63) is 0 Å². The van der Waals surface area contributed by atoms with Crippen molar-refractivity contribution in [3.8, 4) is 0 Å². The number of nitrogens with two attached hydrogens (primary N) is 1. The predicted molar refractivity (Wildman–Crippen MR) is 49.7 cm³/mol. The third kappa shape index (κ3) is 2.05. The fourth-order valence-corrected chi connectivity index (χ4v) is 2.02. The molecule has 0 aromatic carbocycles. The van der Waals surface area contributed by atoms with Gasteiger partial charge in [-0.15, -0.1) is 0 Å². The van der Waals surface area contributed by atoms with E-state index in [1.807, 2.05) is 0 Å². The van der Waals surface area contributed by atoms with Crippen molar-refractivity contribution >= 4 is 5.91 Å². The molecule has 0 saturated carbocycles. The highest BCUT2D eigenvalue weighted by atomic mass is 16.6. The van der Waals surface area contributed by atoms with E-state index < -0.39 is 0 Å². The van der Waals surface area contributed by atoms with Gasteiger partial charge in [-0.3, -0.25) is 4.79 Å². The number of carbonyl (C=O) groups is 1. The maximum absolute atomic E-state index is 10.5. The van der Waals surface area contributed by atoms with E-state index in [4.69, 9.17) is 15.2 Å². The summed E-state index contributed by atoms with van der Waals surface area (Å²) in [6.45, 7) is 2.06. The molecule has 2 rings (SSSR count). The van der Waals surface area contributed by atoms with Gasteiger partial charge in [-0.2, -0.15) is 0 Å². The van der Waals surface area contributed by atoms with Crippen molar-refractivity contribution in [1.29, 1.82) is 0 Å². The summed E-state index contributed by atoms with van der Waals surface area (Å²) in [5.41, 5.74) is 5.04. The molecule has 5 nitrogen and oxygen atoms in total. The van der Waals surface area contributed by atoms with Gasteiger partial charge in [0.15, 0.2) is 0 Å². The van der Waals surface area contributed by atoms with E-state index in [1.54, 1.807) is 0 Å². The van der Waals surface area contributed by atoms with Crippen molar-refractivity contribution in [2.24, 2.45) is 5.73 Å². The molecule has 3 N–H and O–H groups in total. The molecule has 5 heteroatoms. The summed E-state index contributed by atoms with van der Waals surface area (Å²) in [7, 11) is 0. The molecule has 2 fully saturated rings. The molecule has 0 aliphatic carbocycles. The zero-order chi connectivity index (χ0) is 9.97. The molecule has 0 spiro atoms. The van der Waals surface area contributed by atoms with Gasteiger partial charge in [0.05, 0.1) is 18.8 Å². The summed E-state index contributed by atoms with van der Waals surface area (Å²) in [5.74, 6) is -0.277. The number of rotatable bonds is 4.